The highest BCUT2D eigenvalue weighted by atomic mass is 35.5. The Bertz CT molecular complexity index is 1560. The number of hydrogen-bond acceptors (Lipinski definition) is 5. The van der Waals surface area contributed by atoms with Crippen LogP contribution in [0.25, 0.3) is 5.69 Å². The number of nitrogens with one attached hydrogen (secondary N) is 2. The van der Waals surface area contributed by atoms with E-state index in [9.17, 15) is 14.4 Å². The van der Waals surface area contributed by atoms with Crippen LogP contribution in [-0.2, 0) is 21.4 Å². The number of carbonyl (C=O) groups excluding carboxylic acids is 3. The van der Waals surface area contributed by atoms with Crippen molar-refractivity contribution >= 4 is 41.0 Å². The molecule has 9 nitrogen and oxygen atoms in total. The largest absolute Gasteiger partial charge is 0.462 e. The minimum absolute atomic E-state index is 0.210. The zero-order valence-corrected chi connectivity index (χ0v) is 25.5. The molecule has 43 heavy (non-hydrogen) atoms. The van der Waals surface area contributed by atoms with Crippen molar-refractivity contribution in [2.45, 2.75) is 39.5 Å². The molecule has 1 heterocycles. The van der Waals surface area contributed by atoms with Gasteiger partial charge in [-0.1, -0.05) is 74.8 Å². The number of anilines is 2. The first-order valence-corrected chi connectivity index (χ1v) is 14.4. The van der Waals surface area contributed by atoms with Crippen molar-refractivity contribution in [2.75, 3.05) is 30.3 Å². The minimum atomic E-state index is -0.454. The molecule has 4 aromatic rings. The predicted octanol–water partition coefficient (Wildman–Crippen LogP) is 6.72. The third kappa shape index (κ3) is 8.45. The fourth-order valence-electron chi connectivity index (χ4n) is 4.27. The summed E-state index contributed by atoms with van der Waals surface area (Å²) in [5.41, 5.74) is 3.01. The molecule has 0 saturated heterocycles. The van der Waals surface area contributed by atoms with Crippen LogP contribution in [0, 0.1) is 0 Å². The molecule has 0 spiro atoms. The molecule has 0 aliphatic carbocycles. The summed E-state index contributed by atoms with van der Waals surface area (Å²) in [6, 6.07) is 24.8. The van der Waals surface area contributed by atoms with Gasteiger partial charge in [0.25, 0.3) is 0 Å². The predicted molar refractivity (Wildman–Crippen MR) is 169 cm³/mol. The average Bonchev–Trinajstić information content (AvgIpc) is 3.40. The van der Waals surface area contributed by atoms with Crippen LogP contribution in [0.3, 0.4) is 0 Å². The lowest BCUT2D eigenvalue weighted by Crippen LogP contribution is -2.42. The maximum absolute atomic E-state index is 13.4. The molecule has 224 valence electrons. The lowest BCUT2D eigenvalue weighted by Gasteiger charge is -2.23. The number of nitrogens with zero attached hydrogens (tertiary/aromatic N) is 3. The van der Waals surface area contributed by atoms with Crippen LogP contribution in [0.15, 0.2) is 84.9 Å². The van der Waals surface area contributed by atoms with Gasteiger partial charge in [0.15, 0.2) is 0 Å². The number of hydrogen-bond donors (Lipinski definition) is 2. The molecule has 0 radical (unpaired) electrons. The number of benzene rings is 3. The minimum Gasteiger partial charge on any atom is -0.462 e. The van der Waals surface area contributed by atoms with E-state index >= 15 is 0 Å². The van der Waals surface area contributed by atoms with Crippen LogP contribution in [0.2, 0.25) is 5.02 Å². The number of ether oxygens (including phenoxy) is 1. The van der Waals surface area contributed by atoms with Crippen LogP contribution >= 0.6 is 11.6 Å². The van der Waals surface area contributed by atoms with Crippen LogP contribution < -0.4 is 10.6 Å². The lowest BCUT2D eigenvalue weighted by molar-refractivity contribution is -0.116. The van der Waals surface area contributed by atoms with Crippen LogP contribution in [-0.4, -0.2) is 52.3 Å². The van der Waals surface area contributed by atoms with E-state index in [1.807, 2.05) is 75.4 Å². The van der Waals surface area contributed by atoms with E-state index in [2.05, 4.69) is 10.6 Å². The molecule has 1 aromatic heterocycles. The highest BCUT2D eigenvalue weighted by Gasteiger charge is 2.24. The fourth-order valence-corrected chi connectivity index (χ4v) is 4.48. The van der Waals surface area contributed by atoms with Gasteiger partial charge in [-0.05, 0) is 55.3 Å². The summed E-state index contributed by atoms with van der Waals surface area (Å²) in [5.74, 6) is -0.386. The molecule has 3 amide bonds. The molecule has 0 bridgehead atoms. The number of esters is 1. The summed E-state index contributed by atoms with van der Waals surface area (Å²) >= 11 is 6.48. The van der Waals surface area contributed by atoms with Gasteiger partial charge in [-0.25, -0.2) is 14.3 Å². The number of amides is 3. The van der Waals surface area contributed by atoms with Gasteiger partial charge in [-0.3, -0.25) is 4.79 Å². The summed E-state index contributed by atoms with van der Waals surface area (Å²) in [4.78, 5) is 40.3. The number of urea groups is 1. The van der Waals surface area contributed by atoms with Crippen molar-refractivity contribution in [1.82, 2.24) is 14.7 Å². The Labute approximate surface area is 256 Å². The van der Waals surface area contributed by atoms with E-state index in [-0.39, 0.29) is 18.6 Å². The Kier molecular flexibility index (Phi) is 10.2. The highest BCUT2D eigenvalue weighted by Crippen LogP contribution is 2.29. The molecule has 2 N–H and O–H groups in total. The summed E-state index contributed by atoms with van der Waals surface area (Å²) in [6.07, 6.45) is 0.551. The Morgan fingerprint density at radius 3 is 2.26 bits per heavy atom. The zero-order valence-electron chi connectivity index (χ0n) is 24.8. The van der Waals surface area contributed by atoms with Crippen molar-refractivity contribution < 1.29 is 19.1 Å². The molecule has 0 unspecified atom stereocenters. The van der Waals surface area contributed by atoms with E-state index in [1.165, 1.54) is 4.90 Å². The van der Waals surface area contributed by atoms with E-state index in [4.69, 9.17) is 21.4 Å². The third-order valence-corrected chi connectivity index (χ3v) is 6.93. The molecule has 0 atom stereocenters. The fraction of sp³-hybridized carbons (Fsp3) is 0.273. The molecule has 4 rings (SSSR count). The summed E-state index contributed by atoms with van der Waals surface area (Å²) in [7, 11) is 0. The van der Waals surface area contributed by atoms with E-state index in [1.54, 1.807) is 41.9 Å². The van der Waals surface area contributed by atoms with Crippen molar-refractivity contribution in [1.29, 1.82) is 0 Å². The quantitative estimate of drug-likeness (QED) is 0.196. The number of carbonyl (C=O) groups is 3. The summed E-state index contributed by atoms with van der Waals surface area (Å²) in [5, 5.41) is 11.0. The molecule has 0 fully saturated rings. The second kappa shape index (κ2) is 14.0. The number of rotatable bonds is 10. The van der Waals surface area contributed by atoms with Crippen molar-refractivity contribution in [3.63, 3.8) is 0 Å². The van der Waals surface area contributed by atoms with Crippen LogP contribution in [0.4, 0.5) is 16.3 Å². The SMILES string of the molecule is CCOC(=O)c1ccc(NC(=O)N(CCc2ccccc2)CC(=O)Nc2cc(C(C)(C)C)nn2-c2ccccc2Cl)cc1. The average molecular weight is 602 g/mol. The Hall–Kier alpha value is -4.63. The highest BCUT2D eigenvalue weighted by molar-refractivity contribution is 6.32. The first kappa shape index (κ1) is 31.3. The molecule has 0 aliphatic heterocycles. The van der Waals surface area contributed by atoms with Gasteiger partial charge in [-0.15, -0.1) is 0 Å². The molecule has 10 heteroatoms. The van der Waals surface area contributed by atoms with Crippen molar-refractivity contribution in [3.8, 4) is 5.69 Å². The first-order valence-electron chi connectivity index (χ1n) is 14.1. The van der Waals surface area contributed by atoms with Gasteiger partial charge in [0.1, 0.15) is 12.4 Å². The standard InChI is InChI=1S/C33H36ClN5O4/c1-5-43-31(41)24-15-17-25(18-16-24)35-32(42)38(20-19-23-11-7-6-8-12-23)22-30(40)36-29-21-28(33(2,3)4)37-39(29)27-14-10-9-13-26(27)34/h6-18,21H,5,19-20,22H2,1-4H3,(H,35,42)(H,36,40). The normalized spacial score (nSPS) is 11.1. The maximum Gasteiger partial charge on any atom is 0.338 e. The van der Waals surface area contributed by atoms with Gasteiger partial charge in [0.05, 0.1) is 28.6 Å². The third-order valence-electron chi connectivity index (χ3n) is 6.61. The molecule has 3 aromatic carbocycles. The van der Waals surface area contributed by atoms with E-state index in [0.29, 0.717) is 40.7 Å². The maximum atomic E-state index is 13.4. The lowest BCUT2D eigenvalue weighted by atomic mass is 9.92. The topological polar surface area (TPSA) is 106 Å². The second-order valence-electron chi connectivity index (χ2n) is 11.0. The molecule has 0 aliphatic rings. The number of halogens is 1. The Balaban J connectivity index is 1.54. The summed E-state index contributed by atoms with van der Waals surface area (Å²) < 4.78 is 6.64. The van der Waals surface area contributed by atoms with E-state index < -0.39 is 17.9 Å². The monoisotopic (exact) mass is 601 g/mol. The number of para-hydroxylation sites is 1. The first-order chi connectivity index (χ1) is 20.5. The van der Waals surface area contributed by atoms with Gasteiger partial charge in [-0.2, -0.15) is 5.10 Å². The van der Waals surface area contributed by atoms with Crippen LogP contribution in [0.1, 0.15) is 49.3 Å². The van der Waals surface area contributed by atoms with Gasteiger partial charge in [0, 0.05) is 23.7 Å². The second-order valence-corrected chi connectivity index (χ2v) is 11.4. The van der Waals surface area contributed by atoms with Gasteiger partial charge >= 0.3 is 12.0 Å². The molecule has 0 saturated carbocycles. The van der Waals surface area contributed by atoms with Crippen molar-refractivity contribution in [3.05, 3.63) is 107 Å². The van der Waals surface area contributed by atoms with E-state index in [0.717, 1.165) is 11.3 Å². The molecular weight excluding hydrogens is 566 g/mol. The Morgan fingerprint density at radius 1 is 0.930 bits per heavy atom. The van der Waals surface area contributed by atoms with Crippen molar-refractivity contribution in [2.24, 2.45) is 0 Å². The van der Waals surface area contributed by atoms with Gasteiger partial charge < -0.3 is 20.3 Å². The zero-order chi connectivity index (χ0) is 31.0. The smallest absolute Gasteiger partial charge is 0.338 e. The van der Waals surface area contributed by atoms with Crippen LogP contribution in [0.5, 0.6) is 0 Å². The summed E-state index contributed by atoms with van der Waals surface area (Å²) in [6.45, 7) is 8.19. The Morgan fingerprint density at radius 2 is 1.60 bits per heavy atom. The molecular formula is C33H36ClN5O4. The van der Waals surface area contributed by atoms with Gasteiger partial charge in [0.2, 0.25) is 5.91 Å². The number of aromatic nitrogens is 2.